The summed E-state index contributed by atoms with van der Waals surface area (Å²) >= 11 is 6.54. The molecule has 26 heavy (non-hydrogen) atoms. The van der Waals surface area contributed by atoms with Gasteiger partial charge in [0, 0.05) is 31.0 Å². The second-order valence-corrected chi connectivity index (χ2v) is 7.95. The summed E-state index contributed by atoms with van der Waals surface area (Å²) in [7, 11) is 0. The Labute approximate surface area is 160 Å². The van der Waals surface area contributed by atoms with Gasteiger partial charge in [-0.1, -0.05) is 36.7 Å². The normalized spacial score (nSPS) is 20.0. The number of amides is 1. The van der Waals surface area contributed by atoms with Crippen LogP contribution in [0.15, 0.2) is 42.5 Å². The third-order valence-electron chi connectivity index (χ3n) is 5.60. The summed E-state index contributed by atoms with van der Waals surface area (Å²) in [5.41, 5.74) is 3.99. The maximum Gasteiger partial charge on any atom is 0.259 e. The minimum atomic E-state index is 0.00419. The van der Waals surface area contributed by atoms with Crippen LogP contribution in [0.2, 0.25) is 5.02 Å². The Hall–Kier alpha value is -2.00. The maximum absolute atomic E-state index is 13.3. The topological polar surface area (TPSA) is 23.6 Å². The largest absolute Gasteiger partial charge is 0.371 e. The number of hydrogen-bond donors (Lipinski definition) is 0. The average molecular weight is 369 g/mol. The molecule has 1 amide bonds. The summed E-state index contributed by atoms with van der Waals surface area (Å²) in [5.74, 6) is 0.575. The van der Waals surface area contributed by atoms with E-state index < -0.39 is 0 Å². The van der Waals surface area contributed by atoms with E-state index in [0.717, 1.165) is 43.9 Å². The van der Waals surface area contributed by atoms with E-state index in [1.807, 2.05) is 29.2 Å². The Morgan fingerprint density at radius 3 is 2.62 bits per heavy atom. The van der Waals surface area contributed by atoms with Gasteiger partial charge in [-0.3, -0.25) is 4.79 Å². The summed E-state index contributed by atoms with van der Waals surface area (Å²) in [5, 5.41) is 0.550. The molecule has 136 valence electrons. The van der Waals surface area contributed by atoms with E-state index >= 15 is 0 Å². The first-order valence-corrected chi connectivity index (χ1v) is 9.95. The molecule has 2 heterocycles. The van der Waals surface area contributed by atoms with Crippen LogP contribution in [0.4, 0.5) is 11.4 Å². The molecule has 0 spiro atoms. The van der Waals surface area contributed by atoms with E-state index in [1.54, 1.807) is 0 Å². The Morgan fingerprint density at radius 2 is 1.85 bits per heavy atom. The van der Waals surface area contributed by atoms with Gasteiger partial charge in [-0.2, -0.15) is 0 Å². The van der Waals surface area contributed by atoms with Gasteiger partial charge < -0.3 is 9.80 Å². The lowest BCUT2D eigenvalue weighted by Gasteiger charge is -2.24. The van der Waals surface area contributed by atoms with Crippen LogP contribution in [-0.4, -0.2) is 25.5 Å². The first-order valence-electron chi connectivity index (χ1n) is 9.58. The van der Waals surface area contributed by atoms with Crippen molar-refractivity contribution in [1.29, 1.82) is 0 Å². The quantitative estimate of drug-likeness (QED) is 0.730. The number of para-hydroxylation sites is 1. The first-order chi connectivity index (χ1) is 12.6. The highest BCUT2D eigenvalue weighted by molar-refractivity contribution is 6.34. The minimum Gasteiger partial charge on any atom is -0.371 e. The van der Waals surface area contributed by atoms with Crippen LogP contribution in [0, 0.1) is 5.92 Å². The molecule has 3 nitrogen and oxygen atoms in total. The van der Waals surface area contributed by atoms with Crippen LogP contribution in [-0.2, 0) is 6.42 Å². The lowest BCUT2D eigenvalue weighted by atomic mass is 9.99. The molecule has 4 rings (SSSR count). The van der Waals surface area contributed by atoms with Crippen molar-refractivity contribution in [3.05, 3.63) is 58.6 Å². The standard InChI is InChI=1S/C22H25ClN2O/c1-16-10-13-25(21-7-3-2-6-17(21)14-16)22(26)19-9-8-18(15-20(19)23)24-11-4-5-12-24/h2-3,6-9,15-16H,4-5,10-14H2,1H3. The number of fused-ring (bicyclic) bond motifs is 1. The Kier molecular flexibility index (Phi) is 4.90. The van der Waals surface area contributed by atoms with Crippen LogP contribution < -0.4 is 9.80 Å². The molecule has 2 aliphatic rings. The molecule has 1 unspecified atom stereocenters. The predicted octanol–water partition coefficient (Wildman–Crippen LogP) is 5.17. The molecule has 0 saturated carbocycles. The van der Waals surface area contributed by atoms with Crippen molar-refractivity contribution >= 4 is 28.9 Å². The van der Waals surface area contributed by atoms with E-state index in [1.165, 1.54) is 18.4 Å². The van der Waals surface area contributed by atoms with E-state index in [0.29, 0.717) is 16.5 Å². The highest BCUT2D eigenvalue weighted by atomic mass is 35.5. The number of nitrogens with zero attached hydrogens (tertiary/aromatic N) is 2. The molecule has 1 saturated heterocycles. The number of carbonyl (C=O) groups is 1. The summed E-state index contributed by atoms with van der Waals surface area (Å²) in [6.45, 7) is 5.13. The molecule has 0 bridgehead atoms. The Balaban J connectivity index is 1.65. The third kappa shape index (κ3) is 3.33. The smallest absolute Gasteiger partial charge is 0.259 e. The van der Waals surface area contributed by atoms with Crippen LogP contribution >= 0.6 is 11.6 Å². The molecule has 4 heteroatoms. The van der Waals surface area contributed by atoms with E-state index in [4.69, 9.17) is 11.6 Å². The average Bonchev–Trinajstić information content (AvgIpc) is 3.12. The molecule has 1 fully saturated rings. The van der Waals surface area contributed by atoms with Crippen molar-refractivity contribution in [3.8, 4) is 0 Å². The number of hydrogen-bond acceptors (Lipinski definition) is 2. The SMILES string of the molecule is CC1CCN(C(=O)c2ccc(N3CCCC3)cc2Cl)c2ccccc2C1. The van der Waals surface area contributed by atoms with Gasteiger partial charge in [0.25, 0.3) is 5.91 Å². The molecule has 2 aromatic rings. The Morgan fingerprint density at radius 1 is 1.08 bits per heavy atom. The monoisotopic (exact) mass is 368 g/mol. The number of benzene rings is 2. The lowest BCUT2D eigenvalue weighted by Crippen LogP contribution is -2.32. The highest BCUT2D eigenvalue weighted by Gasteiger charge is 2.26. The van der Waals surface area contributed by atoms with Gasteiger partial charge in [-0.25, -0.2) is 0 Å². The van der Waals surface area contributed by atoms with Gasteiger partial charge in [0.15, 0.2) is 0 Å². The van der Waals surface area contributed by atoms with Crippen molar-refractivity contribution in [3.63, 3.8) is 0 Å². The third-order valence-corrected chi connectivity index (χ3v) is 5.91. The maximum atomic E-state index is 13.3. The lowest BCUT2D eigenvalue weighted by molar-refractivity contribution is 0.0986. The summed E-state index contributed by atoms with van der Waals surface area (Å²) in [6, 6.07) is 14.1. The Bertz CT molecular complexity index is 814. The van der Waals surface area contributed by atoms with Crippen molar-refractivity contribution < 1.29 is 4.79 Å². The zero-order valence-electron chi connectivity index (χ0n) is 15.2. The molecule has 0 aromatic heterocycles. The molecule has 2 aliphatic heterocycles. The molecular weight excluding hydrogens is 344 g/mol. The zero-order chi connectivity index (χ0) is 18.1. The fourth-order valence-electron chi connectivity index (χ4n) is 4.10. The summed E-state index contributed by atoms with van der Waals surface area (Å²) in [4.78, 5) is 17.6. The molecule has 0 radical (unpaired) electrons. The molecule has 0 aliphatic carbocycles. The highest BCUT2D eigenvalue weighted by Crippen LogP contribution is 2.32. The summed E-state index contributed by atoms with van der Waals surface area (Å²) in [6.07, 6.45) is 4.47. The second kappa shape index (κ2) is 7.32. The fourth-order valence-corrected chi connectivity index (χ4v) is 4.36. The van der Waals surface area contributed by atoms with E-state index in [2.05, 4.69) is 30.0 Å². The van der Waals surface area contributed by atoms with Crippen molar-refractivity contribution in [1.82, 2.24) is 0 Å². The first kappa shape index (κ1) is 17.4. The van der Waals surface area contributed by atoms with Gasteiger partial charge in [-0.05, 0) is 61.4 Å². The minimum absolute atomic E-state index is 0.00419. The number of rotatable bonds is 2. The van der Waals surface area contributed by atoms with Crippen LogP contribution in [0.5, 0.6) is 0 Å². The molecule has 1 atom stereocenters. The van der Waals surface area contributed by atoms with E-state index in [9.17, 15) is 4.79 Å². The van der Waals surface area contributed by atoms with Crippen molar-refractivity contribution in [2.75, 3.05) is 29.4 Å². The zero-order valence-corrected chi connectivity index (χ0v) is 16.0. The van der Waals surface area contributed by atoms with Crippen molar-refractivity contribution in [2.24, 2.45) is 5.92 Å². The van der Waals surface area contributed by atoms with Gasteiger partial charge in [-0.15, -0.1) is 0 Å². The van der Waals surface area contributed by atoms with Gasteiger partial charge in [0.2, 0.25) is 0 Å². The van der Waals surface area contributed by atoms with Gasteiger partial charge >= 0.3 is 0 Å². The van der Waals surface area contributed by atoms with Crippen LogP contribution in [0.1, 0.15) is 42.1 Å². The van der Waals surface area contributed by atoms with Gasteiger partial charge in [0.05, 0.1) is 10.6 Å². The van der Waals surface area contributed by atoms with Crippen molar-refractivity contribution in [2.45, 2.75) is 32.6 Å². The van der Waals surface area contributed by atoms with E-state index in [-0.39, 0.29) is 5.91 Å². The number of carbonyl (C=O) groups excluding carboxylic acids is 1. The number of anilines is 2. The number of halogens is 1. The van der Waals surface area contributed by atoms with Crippen LogP contribution in [0.3, 0.4) is 0 Å². The van der Waals surface area contributed by atoms with Gasteiger partial charge in [0.1, 0.15) is 0 Å². The predicted molar refractivity (Wildman–Crippen MR) is 109 cm³/mol. The molecular formula is C22H25ClN2O. The summed E-state index contributed by atoms with van der Waals surface area (Å²) < 4.78 is 0. The molecule has 0 N–H and O–H groups in total. The van der Waals surface area contributed by atoms with Crippen LogP contribution in [0.25, 0.3) is 0 Å². The fraction of sp³-hybridized carbons (Fsp3) is 0.409. The molecule has 2 aromatic carbocycles. The second-order valence-electron chi connectivity index (χ2n) is 7.54.